The molecule has 8 heteroatoms. The maximum absolute atomic E-state index is 11.7. The number of nitrogens with zero attached hydrogens (tertiary/aromatic N) is 4. The number of aromatic nitrogens is 3. The summed E-state index contributed by atoms with van der Waals surface area (Å²) in [5, 5.41) is 10.2. The smallest absolute Gasteiger partial charge is 0.244 e. The van der Waals surface area contributed by atoms with Gasteiger partial charge in [-0.3, -0.25) is 9.59 Å². The van der Waals surface area contributed by atoms with Crippen molar-refractivity contribution in [3.8, 4) is 0 Å². The van der Waals surface area contributed by atoms with Crippen molar-refractivity contribution in [1.82, 2.24) is 25.2 Å². The van der Waals surface area contributed by atoms with Crippen LogP contribution in [0.2, 0.25) is 0 Å². The Balaban J connectivity index is 1.87. The van der Waals surface area contributed by atoms with E-state index in [1.54, 1.807) is 18.1 Å². The third-order valence-electron chi connectivity index (χ3n) is 2.86. The van der Waals surface area contributed by atoms with E-state index in [0.717, 1.165) is 0 Å². The second-order valence-corrected chi connectivity index (χ2v) is 4.28. The van der Waals surface area contributed by atoms with Crippen molar-refractivity contribution in [3.05, 3.63) is 11.9 Å². The third kappa shape index (κ3) is 2.65. The van der Waals surface area contributed by atoms with Gasteiger partial charge < -0.3 is 16.0 Å². The van der Waals surface area contributed by atoms with Crippen LogP contribution in [0, 0.1) is 0 Å². The van der Waals surface area contributed by atoms with Gasteiger partial charge in [-0.2, -0.15) is 0 Å². The fourth-order valence-electron chi connectivity index (χ4n) is 1.85. The molecule has 1 aromatic heterocycles. The molecule has 2 heterocycles. The van der Waals surface area contributed by atoms with Crippen molar-refractivity contribution in [1.29, 1.82) is 0 Å². The van der Waals surface area contributed by atoms with E-state index in [9.17, 15) is 9.59 Å². The fraction of sp³-hybridized carbons (Fsp3) is 0.600. The Morgan fingerprint density at radius 3 is 3.00 bits per heavy atom. The summed E-state index contributed by atoms with van der Waals surface area (Å²) in [7, 11) is 1.72. The topological polar surface area (TPSA) is 106 Å². The van der Waals surface area contributed by atoms with Crippen molar-refractivity contribution in [2.45, 2.75) is 25.6 Å². The van der Waals surface area contributed by atoms with Crippen LogP contribution in [0.1, 0.15) is 12.1 Å². The minimum absolute atomic E-state index is 0.0422. The molecule has 0 bridgehead atoms. The predicted molar refractivity (Wildman–Crippen MR) is 62.1 cm³/mol. The molecule has 2 amide bonds. The molecular weight excluding hydrogens is 236 g/mol. The SMILES string of the molecule is CN1CCC(NC(=O)Cn2cc(CN)nn2)C1=O. The zero-order chi connectivity index (χ0) is 13.1. The van der Waals surface area contributed by atoms with Gasteiger partial charge in [0.05, 0.1) is 11.9 Å². The standard InChI is InChI=1S/C10H16N6O2/c1-15-3-2-8(10(15)18)12-9(17)6-16-5-7(4-11)13-14-16/h5,8H,2-4,6,11H2,1H3,(H,12,17). The molecule has 3 N–H and O–H groups in total. The first-order chi connectivity index (χ1) is 8.60. The lowest BCUT2D eigenvalue weighted by molar-refractivity contribution is -0.132. The number of carbonyl (C=O) groups is 2. The van der Waals surface area contributed by atoms with Crippen molar-refractivity contribution < 1.29 is 9.59 Å². The maximum atomic E-state index is 11.7. The van der Waals surface area contributed by atoms with Crippen LogP contribution in [0.15, 0.2) is 6.20 Å². The van der Waals surface area contributed by atoms with E-state index in [-0.39, 0.29) is 24.9 Å². The average Bonchev–Trinajstić information content (AvgIpc) is 2.91. The Hall–Kier alpha value is -1.96. The third-order valence-corrected chi connectivity index (χ3v) is 2.86. The van der Waals surface area contributed by atoms with Gasteiger partial charge in [-0.1, -0.05) is 5.21 Å². The van der Waals surface area contributed by atoms with Crippen LogP contribution in [-0.2, 0) is 22.7 Å². The molecule has 1 aliphatic rings. The Morgan fingerprint density at radius 2 is 2.44 bits per heavy atom. The van der Waals surface area contributed by atoms with Gasteiger partial charge in [-0.25, -0.2) is 4.68 Å². The van der Waals surface area contributed by atoms with Crippen molar-refractivity contribution in [2.75, 3.05) is 13.6 Å². The van der Waals surface area contributed by atoms with Crippen LogP contribution in [0.3, 0.4) is 0 Å². The maximum Gasteiger partial charge on any atom is 0.244 e. The molecule has 0 radical (unpaired) electrons. The molecule has 1 atom stereocenters. The molecule has 8 nitrogen and oxygen atoms in total. The number of likely N-dealkylation sites (N-methyl/N-ethyl adjacent to an activating group) is 1. The zero-order valence-electron chi connectivity index (χ0n) is 10.2. The predicted octanol–water partition coefficient (Wildman–Crippen LogP) is -1.92. The second kappa shape index (κ2) is 5.13. The first-order valence-corrected chi connectivity index (χ1v) is 5.73. The van der Waals surface area contributed by atoms with Crippen LogP contribution < -0.4 is 11.1 Å². The second-order valence-electron chi connectivity index (χ2n) is 4.28. The summed E-state index contributed by atoms with van der Waals surface area (Å²) in [6.07, 6.45) is 2.26. The highest BCUT2D eigenvalue weighted by molar-refractivity contribution is 5.88. The van der Waals surface area contributed by atoms with Gasteiger partial charge >= 0.3 is 0 Å². The van der Waals surface area contributed by atoms with Gasteiger partial charge in [0, 0.05) is 20.1 Å². The molecule has 1 saturated heterocycles. The Kier molecular flexibility index (Phi) is 3.56. The lowest BCUT2D eigenvalue weighted by atomic mass is 10.2. The quantitative estimate of drug-likeness (QED) is 0.650. The molecule has 2 rings (SSSR count). The lowest BCUT2D eigenvalue weighted by Gasteiger charge is -2.11. The highest BCUT2D eigenvalue weighted by atomic mass is 16.2. The fourth-order valence-corrected chi connectivity index (χ4v) is 1.85. The molecule has 0 aliphatic carbocycles. The molecule has 18 heavy (non-hydrogen) atoms. The van der Waals surface area contributed by atoms with Gasteiger partial charge in [0.1, 0.15) is 12.6 Å². The largest absolute Gasteiger partial charge is 0.344 e. The van der Waals surface area contributed by atoms with E-state index in [0.29, 0.717) is 18.7 Å². The van der Waals surface area contributed by atoms with E-state index in [4.69, 9.17) is 5.73 Å². The summed E-state index contributed by atoms with van der Waals surface area (Å²) >= 11 is 0. The molecule has 98 valence electrons. The molecule has 1 aliphatic heterocycles. The van der Waals surface area contributed by atoms with Crippen molar-refractivity contribution in [2.24, 2.45) is 5.73 Å². The number of rotatable bonds is 4. The van der Waals surface area contributed by atoms with Crippen molar-refractivity contribution in [3.63, 3.8) is 0 Å². The van der Waals surface area contributed by atoms with E-state index in [2.05, 4.69) is 15.6 Å². The molecule has 1 aromatic rings. The van der Waals surface area contributed by atoms with E-state index in [1.807, 2.05) is 0 Å². The average molecular weight is 252 g/mol. The normalized spacial score (nSPS) is 19.3. The molecule has 0 aromatic carbocycles. The summed E-state index contributed by atoms with van der Waals surface area (Å²) in [5.74, 6) is -0.304. The highest BCUT2D eigenvalue weighted by Crippen LogP contribution is 2.08. The molecule has 0 saturated carbocycles. The van der Waals surface area contributed by atoms with E-state index in [1.165, 1.54) is 4.68 Å². The Bertz CT molecular complexity index is 457. The minimum atomic E-state index is -0.417. The number of nitrogens with one attached hydrogen (secondary N) is 1. The van der Waals surface area contributed by atoms with Gasteiger partial charge in [-0.15, -0.1) is 5.10 Å². The summed E-state index contributed by atoms with van der Waals surface area (Å²) in [4.78, 5) is 24.9. The lowest BCUT2D eigenvalue weighted by Crippen LogP contribution is -2.42. The number of hydrogen-bond donors (Lipinski definition) is 2. The van der Waals surface area contributed by atoms with Gasteiger partial charge in [0.25, 0.3) is 0 Å². The molecular formula is C10H16N6O2. The number of likely N-dealkylation sites (tertiary alicyclic amines) is 1. The van der Waals surface area contributed by atoms with Crippen LogP contribution >= 0.6 is 0 Å². The zero-order valence-corrected chi connectivity index (χ0v) is 10.2. The van der Waals surface area contributed by atoms with E-state index >= 15 is 0 Å². The molecule has 0 spiro atoms. The minimum Gasteiger partial charge on any atom is -0.344 e. The van der Waals surface area contributed by atoms with Crippen LogP contribution in [0.5, 0.6) is 0 Å². The highest BCUT2D eigenvalue weighted by Gasteiger charge is 2.30. The van der Waals surface area contributed by atoms with Crippen LogP contribution in [-0.4, -0.2) is 51.3 Å². The van der Waals surface area contributed by atoms with Crippen LogP contribution in [0.25, 0.3) is 0 Å². The Morgan fingerprint density at radius 1 is 1.67 bits per heavy atom. The molecule has 1 unspecified atom stereocenters. The number of hydrogen-bond acceptors (Lipinski definition) is 5. The van der Waals surface area contributed by atoms with E-state index < -0.39 is 6.04 Å². The van der Waals surface area contributed by atoms with Crippen LogP contribution in [0.4, 0.5) is 0 Å². The first-order valence-electron chi connectivity index (χ1n) is 5.73. The number of carbonyl (C=O) groups excluding carboxylic acids is 2. The monoisotopic (exact) mass is 252 g/mol. The van der Waals surface area contributed by atoms with Crippen molar-refractivity contribution >= 4 is 11.8 Å². The summed E-state index contributed by atoms with van der Waals surface area (Å²) in [6, 6.07) is -0.417. The molecule has 1 fully saturated rings. The van der Waals surface area contributed by atoms with Gasteiger partial charge in [-0.05, 0) is 6.42 Å². The summed E-state index contributed by atoms with van der Waals surface area (Å²) in [6.45, 7) is 0.998. The first kappa shape index (κ1) is 12.5. The summed E-state index contributed by atoms with van der Waals surface area (Å²) in [5.41, 5.74) is 6.02. The summed E-state index contributed by atoms with van der Waals surface area (Å²) < 4.78 is 1.40. The number of nitrogens with two attached hydrogens (primary N) is 1. The Labute approximate surface area is 104 Å². The van der Waals surface area contributed by atoms with Gasteiger partial charge in [0.15, 0.2) is 0 Å². The number of amides is 2. The van der Waals surface area contributed by atoms with Gasteiger partial charge in [0.2, 0.25) is 11.8 Å².